The maximum absolute atomic E-state index is 12.7. The van der Waals surface area contributed by atoms with E-state index >= 15 is 0 Å². The van der Waals surface area contributed by atoms with Crippen LogP contribution in [-0.2, 0) is 6.18 Å². The van der Waals surface area contributed by atoms with Crippen LogP contribution in [0.5, 0.6) is 0 Å². The quantitative estimate of drug-likeness (QED) is 0.854. The Morgan fingerprint density at radius 1 is 1.33 bits per heavy atom. The summed E-state index contributed by atoms with van der Waals surface area (Å²) in [7, 11) is 1.81. The highest BCUT2D eigenvalue weighted by atomic mass is 19.4. The molecule has 1 fully saturated rings. The molecule has 0 saturated heterocycles. The van der Waals surface area contributed by atoms with Gasteiger partial charge < -0.3 is 5.32 Å². The zero-order valence-corrected chi connectivity index (χ0v) is 10.4. The molecule has 1 aromatic rings. The average Bonchev–Trinajstić information content (AvgIpc) is 2.27. The van der Waals surface area contributed by atoms with Gasteiger partial charge in [0.15, 0.2) is 0 Å². The van der Waals surface area contributed by atoms with Crippen LogP contribution in [0.25, 0.3) is 0 Å². The lowest BCUT2D eigenvalue weighted by Crippen LogP contribution is -2.23. The van der Waals surface area contributed by atoms with E-state index in [1.54, 1.807) is 6.07 Å². The largest absolute Gasteiger partial charge is 0.416 e. The second-order valence-electron chi connectivity index (χ2n) is 5.00. The van der Waals surface area contributed by atoms with Gasteiger partial charge in [-0.15, -0.1) is 0 Å². The summed E-state index contributed by atoms with van der Waals surface area (Å²) >= 11 is 0. The van der Waals surface area contributed by atoms with Crippen LogP contribution in [0.4, 0.5) is 13.2 Å². The van der Waals surface area contributed by atoms with E-state index < -0.39 is 11.7 Å². The Balaban J connectivity index is 2.14. The first-order valence-electron chi connectivity index (χ1n) is 6.35. The molecule has 1 aliphatic rings. The number of nitrogens with one attached hydrogen (secondary N) is 1. The molecule has 1 saturated carbocycles. The average molecular weight is 257 g/mol. The highest BCUT2D eigenvalue weighted by Gasteiger charge is 2.31. The van der Waals surface area contributed by atoms with Crippen LogP contribution in [0.3, 0.4) is 0 Å². The minimum absolute atomic E-state index is 0.0256. The molecule has 1 aromatic carbocycles. The van der Waals surface area contributed by atoms with E-state index in [0.717, 1.165) is 18.1 Å². The fourth-order valence-electron chi connectivity index (χ4n) is 2.41. The minimum atomic E-state index is -4.26. The van der Waals surface area contributed by atoms with Crippen LogP contribution in [-0.4, -0.2) is 7.05 Å². The van der Waals surface area contributed by atoms with Gasteiger partial charge in [-0.3, -0.25) is 0 Å². The smallest absolute Gasteiger partial charge is 0.313 e. The molecule has 1 unspecified atom stereocenters. The van der Waals surface area contributed by atoms with Crippen molar-refractivity contribution in [3.63, 3.8) is 0 Å². The Bertz CT molecular complexity index is 396. The van der Waals surface area contributed by atoms with E-state index in [0.29, 0.717) is 5.92 Å². The first-order chi connectivity index (χ1) is 8.50. The van der Waals surface area contributed by atoms with Crippen molar-refractivity contribution in [1.29, 1.82) is 0 Å². The maximum Gasteiger partial charge on any atom is 0.416 e. The summed E-state index contributed by atoms with van der Waals surface area (Å²) in [5.74, 6) is 0.664. The first-order valence-corrected chi connectivity index (χ1v) is 6.35. The second-order valence-corrected chi connectivity index (χ2v) is 5.00. The summed E-state index contributed by atoms with van der Waals surface area (Å²) < 4.78 is 38.0. The summed E-state index contributed by atoms with van der Waals surface area (Å²) in [4.78, 5) is 0. The Kier molecular flexibility index (Phi) is 3.95. The number of halogens is 3. The molecule has 0 aliphatic heterocycles. The normalized spacial score (nSPS) is 18.4. The molecule has 1 aliphatic carbocycles. The van der Waals surface area contributed by atoms with Gasteiger partial charge in [0.25, 0.3) is 0 Å². The number of hydrogen-bond donors (Lipinski definition) is 1. The molecule has 0 aromatic heterocycles. The molecule has 0 radical (unpaired) electrons. The highest BCUT2D eigenvalue weighted by Crippen LogP contribution is 2.36. The minimum Gasteiger partial charge on any atom is -0.313 e. The topological polar surface area (TPSA) is 12.0 Å². The van der Waals surface area contributed by atoms with Crippen molar-refractivity contribution in [2.24, 2.45) is 5.92 Å². The van der Waals surface area contributed by atoms with Crippen molar-refractivity contribution in [2.45, 2.75) is 37.9 Å². The van der Waals surface area contributed by atoms with Crippen molar-refractivity contribution in [2.75, 3.05) is 7.05 Å². The van der Waals surface area contributed by atoms with E-state index in [1.807, 2.05) is 7.05 Å². The third-order valence-corrected chi connectivity index (χ3v) is 3.76. The van der Waals surface area contributed by atoms with Crippen LogP contribution < -0.4 is 5.32 Å². The van der Waals surface area contributed by atoms with Gasteiger partial charge in [0.1, 0.15) is 0 Å². The van der Waals surface area contributed by atoms with Crippen LogP contribution in [0, 0.1) is 5.92 Å². The highest BCUT2D eigenvalue weighted by molar-refractivity contribution is 5.28. The molecule has 4 heteroatoms. The molecule has 0 bridgehead atoms. The van der Waals surface area contributed by atoms with E-state index in [1.165, 1.54) is 31.4 Å². The van der Waals surface area contributed by atoms with Crippen molar-refractivity contribution < 1.29 is 13.2 Å². The molecule has 100 valence electrons. The molecule has 0 spiro atoms. The van der Waals surface area contributed by atoms with Gasteiger partial charge in [-0.25, -0.2) is 0 Å². The number of alkyl halides is 3. The van der Waals surface area contributed by atoms with Crippen LogP contribution in [0.15, 0.2) is 24.3 Å². The van der Waals surface area contributed by atoms with E-state index in [4.69, 9.17) is 0 Å². The van der Waals surface area contributed by atoms with Gasteiger partial charge in [0, 0.05) is 6.04 Å². The predicted molar refractivity (Wildman–Crippen MR) is 65.2 cm³/mol. The summed E-state index contributed by atoms with van der Waals surface area (Å²) in [5, 5.41) is 3.13. The summed E-state index contributed by atoms with van der Waals surface area (Å²) in [5.41, 5.74) is 0.174. The second kappa shape index (κ2) is 5.31. The molecule has 0 amide bonds. The zero-order chi connectivity index (χ0) is 13.2. The number of hydrogen-bond acceptors (Lipinski definition) is 1. The lowest BCUT2D eigenvalue weighted by molar-refractivity contribution is -0.137. The van der Waals surface area contributed by atoms with Gasteiger partial charge in [-0.2, -0.15) is 13.2 Å². The Morgan fingerprint density at radius 3 is 2.56 bits per heavy atom. The molecule has 1 nitrogen and oxygen atoms in total. The Morgan fingerprint density at radius 2 is 2.06 bits per heavy atom. The summed E-state index contributed by atoms with van der Waals surface area (Å²) in [6, 6.07) is 5.68. The SMILES string of the molecule is CNC(CC1CCC1)c1cccc(C(F)(F)F)c1. The van der Waals surface area contributed by atoms with Crippen molar-refractivity contribution >= 4 is 0 Å². The first kappa shape index (κ1) is 13.4. The fourth-order valence-corrected chi connectivity index (χ4v) is 2.41. The van der Waals surface area contributed by atoms with Gasteiger partial charge in [-0.05, 0) is 37.1 Å². The molecule has 18 heavy (non-hydrogen) atoms. The van der Waals surface area contributed by atoms with E-state index in [9.17, 15) is 13.2 Å². The van der Waals surface area contributed by atoms with Crippen LogP contribution >= 0.6 is 0 Å². The van der Waals surface area contributed by atoms with Gasteiger partial charge in [0.2, 0.25) is 0 Å². The lowest BCUT2D eigenvalue weighted by Gasteiger charge is -2.30. The standard InChI is InChI=1S/C14H18F3N/c1-18-13(8-10-4-2-5-10)11-6-3-7-12(9-11)14(15,16)17/h3,6-7,9-10,13,18H,2,4-5,8H2,1H3. The van der Waals surface area contributed by atoms with Crippen LogP contribution in [0.1, 0.15) is 42.9 Å². The molecule has 1 N–H and O–H groups in total. The molecule has 0 heterocycles. The van der Waals surface area contributed by atoms with Gasteiger partial charge >= 0.3 is 6.18 Å². The molecule has 2 rings (SSSR count). The van der Waals surface area contributed by atoms with E-state index in [2.05, 4.69) is 5.32 Å². The zero-order valence-electron chi connectivity index (χ0n) is 10.4. The van der Waals surface area contributed by atoms with Gasteiger partial charge in [0.05, 0.1) is 5.56 Å². The predicted octanol–water partition coefficient (Wildman–Crippen LogP) is 4.16. The third kappa shape index (κ3) is 3.05. The van der Waals surface area contributed by atoms with Gasteiger partial charge in [-0.1, -0.05) is 31.4 Å². The van der Waals surface area contributed by atoms with Crippen molar-refractivity contribution in [3.8, 4) is 0 Å². The number of benzene rings is 1. The number of rotatable bonds is 4. The van der Waals surface area contributed by atoms with Crippen molar-refractivity contribution in [1.82, 2.24) is 5.32 Å². The molecular formula is C14H18F3N. The van der Waals surface area contributed by atoms with E-state index in [-0.39, 0.29) is 6.04 Å². The summed E-state index contributed by atoms with van der Waals surface area (Å²) in [6.45, 7) is 0. The Labute approximate surface area is 105 Å². The molecular weight excluding hydrogens is 239 g/mol. The molecule has 1 atom stereocenters. The van der Waals surface area contributed by atoms with Crippen LogP contribution in [0.2, 0.25) is 0 Å². The summed E-state index contributed by atoms with van der Waals surface area (Å²) in [6.07, 6.45) is 0.334. The third-order valence-electron chi connectivity index (χ3n) is 3.76. The fraction of sp³-hybridized carbons (Fsp3) is 0.571. The van der Waals surface area contributed by atoms with Crippen molar-refractivity contribution in [3.05, 3.63) is 35.4 Å². The monoisotopic (exact) mass is 257 g/mol. The maximum atomic E-state index is 12.7. The lowest BCUT2D eigenvalue weighted by atomic mass is 9.79. The Hall–Kier alpha value is -1.03.